The molecule has 0 aliphatic heterocycles. The molecular formula is C19H18S2. The Morgan fingerprint density at radius 2 is 1.52 bits per heavy atom. The normalized spacial score (nSPS) is 12.4. The predicted octanol–water partition coefficient (Wildman–Crippen LogP) is 5.65. The molecule has 21 heavy (non-hydrogen) atoms. The highest BCUT2D eigenvalue weighted by atomic mass is 32.2. The van der Waals surface area contributed by atoms with Crippen LogP contribution in [0.1, 0.15) is 11.5 Å². The largest absolute Gasteiger partial charge is 0.179 e. The van der Waals surface area contributed by atoms with Crippen molar-refractivity contribution in [1.82, 2.24) is 0 Å². The number of rotatable bonds is 5. The van der Waals surface area contributed by atoms with E-state index in [0.29, 0.717) is 5.92 Å². The summed E-state index contributed by atoms with van der Waals surface area (Å²) in [6.07, 6.45) is 0. The van der Waals surface area contributed by atoms with E-state index >= 15 is 0 Å². The van der Waals surface area contributed by atoms with Crippen LogP contribution in [-0.2, 0) is 0 Å². The van der Waals surface area contributed by atoms with Crippen molar-refractivity contribution in [3.8, 4) is 0 Å². The topological polar surface area (TPSA) is 0 Å². The van der Waals surface area contributed by atoms with Crippen LogP contribution in [0.5, 0.6) is 0 Å². The van der Waals surface area contributed by atoms with Crippen molar-refractivity contribution in [3.63, 3.8) is 0 Å². The average Bonchev–Trinajstić information content (AvgIpc) is 2.56. The summed E-state index contributed by atoms with van der Waals surface area (Å²) < 4.78 is 0. The van der Waals surface area contributed by atoms with Crippen LogP contribution in [0.25, 0.3) is 10.8 Å². The Balaban J connectivity index is 1.73. The molecule has 0 saturated carbocycles. The fourth-order valence-electron chi connectivity index (χ4n) is 2.43. The Kier molecular flexibility index (Phi) is 4.89. The third-order valence-electron chi connectivity index (χ3n) is 3.66. The minimum absolute atomic E-state index is 0.492. The Hall–Kier alpha value is -1.38. The molecule has 0 N–H and O–H groups in total. The molecular weight excluding hydrogens is 292 g/mol. The molecule has 3 aromatic carbocycles. The zero-order valence-electron chi connectivity index (χ0n) is 11.8. The summed E-state index contributed by atoms with van der Waals surface area (Å²) in [6.45, 7) is 0. The molecule has 0 saturated heterocycles. The smallest absolute Gasteiger partial charge is 0.00785 e. The zero-order valence-corrected chi connectivity index (χ0v) is 13.5. The van der Waals surface area contributed by atoms with Gasteiger partial charge in [-0.2, -0.15) is 12.6 Å². The van der Waals surface area contributed by atoms with Gasteiger partial charge < -0.3 is 0 Å². The molecule has 2 heteroatoms. The maximum atomic E-state index is 4.52. The summed E-state index contributed by atoms with van der Waals surface area (Å²) in [6, 6.07) is 25.9. The molecule has 0 aliphatic rings. The quantitative estimate of drug-likeness (QED) is 0.469. The molecule has 0 spiro atoms. The van der Waals surface area contributed by atoms with Crippen molar-refractivity contribution >= 4 is 35.2 Å². The second-order valence-corrected chi connectivity index (χ2v) is 6.57. The minimum atomic E-state index is 0.492. The Labute approximate surface area is 136 Å². The molecule has 0 heterocycles. The van der Waals surface area contributed by atoms with Crippen molar-refractivity contribution in [3.05, 3.63) is 78.4 Å². The van der Waals surface area contributed by atoms with E-state index in [-0.39, 0.29) is 0 Å². The van der Waals surface area contributed by atoms with E-state index in [1.807, 2.05) is 11.8 Å². The van der Waals surface area contributed by atoms with Crippen molar-refractivity contribution in [2.75, 3.05) is 11.5 Å². The predicted molar refractivity (Wildman–Crippen MR) is 97.7 cm³/mol. The van der Waals surface area contributed by atoms with Gasteiger partial charge >= 0.3 is 0 Å². The van der Waals surface area contributed by atoms with E-state index in [9.17, 15) is 0 Å². The molecule has 0 fully saturated rings. The second-order valence-electron chi connectivity index (χ2n) is 5.11. The molecule has 0 radical (unpaired) electrons. The standard InChI is InChI=1S/C19H18S2/c20-13-18(15-6-2-1-3-7-15)14-21-19-11-10-16-8-4-5-9-17(16)12-19/h1-12,18,20H,13-14H2. The zero-order chi connectivity index (χ0) is 14.5. The second kappa shape index (κ2) is 7.06. The number of thiol groups is 1. The summed E-state index contributed by atoms with van der Waals surface area (Å²) in [5.41, 5.74) is 1.38. The highest BCUT2D eigenvalue weighted by Crippen LogP contribution is 2.29. The summed E-state index contributed by atoms with van der Waals surface area (Å²) in [4.78, 5) is 1.33. The van der Waals surface area contributed by atoms with E-state index in [1.54, 1.807) is 0 Å². The Morgan fingerprint density at radius 1 is 0.810 bits per heavy atom. The van der Waals surface area contributed by atoms with Gasteiger partial charge in [0, 0.05) is 16.6 Å². The summed E-state index contributed by atoms with van der Waals surface area (Å²) in [5.74, 6) is 2.43. The molecule has 0 nitrogen and oxygen atoms in total. The van der Waals surface area contributed by atoms with Gasteiger partial charge in [-0.15, -0.1) is 11.8 Å². The van der Waals surface area contributed by atoms with Gasteiger partial charge in [-0.3, -0.25) is 0 Å². The first-order valence-electron chi connectivity index (χ1n) is 7.14. The molecule has 0 aromatic heterocycles. The van der Waals surface area contributed by atoms with Crippen molar-refractivity contribution in [1.29, 1.82) is 0 Å². The van der Waals surface area contributed by atoms with E-state index in [4.69, 9.17) is 0 Å². The van der Waals surface area contributed by atoms with Crippen LogP contribution < -0.4 is 0 Å². The third kappa shape index (κ3) is 3.63. The SMILES string of the molecule is SCC(CSc1ccc2ccccc2c1)c1ccccc1. The van der Waals surface area contributed by atoms with Gasteiger partial charge in [0.2, 0.25) is 0 Å². The van der Waals surface area contributed by atoms with Crippen LogP contribution in [0.15, 0.2) is 77.7 Å². The fraction of sp³-hybridized carbons (Fsp3) is 0.158. The van der Waals surface area contributed by atoms with Gasteiger partial charge in [-0.05, 0) is 34.2 Å². The summed E-state index contributed by atoms with van der Waals surface area (Å²) >= 11 is 6.43. The van der Waals surface area contributed by atoms with Crippen LogP contribution in [0.4, 0.5) is 0 Å². The maximum absolute atomic E-state index is 4.52. The molecule has 106 valence electrons. The van der Waals surface area contributed by atoms with E-state index < -0.39 is 0 Å². The van der Waals surface area contributed by atoms with Crippen molar-refractivity contribution in [2.45, 2.75) is 10.8 Å². The molecule has 3 aromatic rings. The molecule has 0 bridgehead atoms. The number of hydrogen-bond acceptors (Lipinski definition) is 2. The third-order valence-corrected chi connectivity index (χ3v) is 5.26. The van der Waals surface area contributed by atoms with E-state index in [2.05, 4.69) is 85.4 Å². The van der Waals surface area contributed by atoms with Crippen LogP contribution >= 0.6 is 24.4 Å². The number of benzene rings is 3. The molecule has 1 atom stereocenters. The highest BCUT2D eigenvalue weighted by Gasteiger charge is 2.10. The van der Waals surface area contributed by atoms with Gasteiger partial charge in [0.25, 0.3) is 0 Å². The molecule has 0 amide bonds. The van der Waals surface area contributed by atoms with Gasteiger partial charge in [0.05, 0.1) is 0 Å². The highest BCUT2D eigenvalue weighted by molar-refractivity contribution is 7.99. The molecule has 0 aliphatic carbocycles. The van der Waals surface area contributed by atoms with Gasteiger partial charge in [0.1, 0.15) is 0 Å². The number of hydrogen-bond donors (Lipinski definition) is 1. The fourth-order valence-corrected chi connectivity index (χ4v) is 4.03. The van der Waals surface area contributed by atoms with Gasteiger partial charge in [0.15, 0.2) is 0 Å². The summed E-state index contributed by atoms with van der Waals surface area (Å²) in [7, 11) is 0. The van der Waals surface area contributed by atoms with Crippen molar-refractivity contribution in [2.24, 2.45) is 0 Å². The van der Waals surface area contributed by atoms with Crippen LogP contribution in [0.2, 0.25) is 0 Å². The van der Waals surface area contributed by atoms with Crippen LogP contribution in [-0.4, -0.2) is 11.5 Å². The number of thioether (sulfide) groups is 1. The number of fused-ring (bicyclic) bond motifs is 1. The van der Waals surface area contributed by atoms with Gasteiger partial charge in [-0.1, -0.05) is 60.7 Å². The van der Waals surface area contributed by atoms with E-state index in [0.717, 1.165) is 11.5 Å². The van der Waals surface area contributed by atoms with Crippen LogP contribution in [0, 0.1) is 0 Å². The minimum Gasteiger partial charge on any atom is -0.179 e. The lowest BCUT2D eigenvalue weighted by Gasteiger charge is -2.14. The Bertz CT molecular complexity index is 707. The van der Waals surface area contributed by atoms with Crippen molar-refractivity contribution < 1.29 is 0 Å². The first-order valence-corrected chi connectivity index (χ1v) is 8.76. The lowest BCUT2D eigenvalue weighted by Crippen LogP contribution is -2.03. The van der Waals surface area contributed by atoms with E-state index in [1.165, 1.54) is 21.2 Å². The van der Waals surface area contributed by atoms with Crippen LogP contribution in [0.3, 0.4) is 0 Å². The average molecular weight is 310 g/mol. The summed E-state index contributed by atoms with van der Waals surface area (Å²) in [5, 5.41) is 2.61. The lowest BCUT2D eigenvalue weighted by atomic mass is 10.0. The first kappa shape index (κ1) is 14.6. The lowest BCUT2D eigenvalue weighted by molar-refractivity contribution is 0.898. The molecule has 3 rings (SSSR count). The first-order chi connectivity index (χ1) is 10.4. The molecule has 1 unspecified atom stereocenters. The monoisotopic (exact) mass is 310 g/mol. The van der Waals surface area contributed by atoms with Gasteiger partial charge in [-0.25, -0.2) is 0 Å². The Morgan fingerprint density at radius 3 is 2.29 bits per heavy atom. The maximum Gasteiger partial charge on any atom is 0.00785 e.